The first-order valence-corrected chi connectivity index (χ1v) is 8.79. The zero-order chi connectivity index (χ0) is 20.1. The van der Waals surface area contributed by atoms with Crippen LogP contribution >= 0.6 is 0 Å². The van der Waals surface area contributed by atoms with Crippen molar-refractivity contribution in [2.45, 2.75) is 32.6 Å². The Labute approximate surface area is 159 Å². The number of phenolic OH excluding ortho intramolecular Hbond substituents is 1. The fourth-order valence-electron chi connectivity index (χ4n) is 2.22. The van der Waals surface area contributed by atoms with Crippen molar-refractivity contribution in [2.75, 3.05) is 6.61 Å². The Hall–Kier alpha value is -3.15. The summed E-state index contributed by atoms with van der Waals surface area (Å²) in [6, 6.07) is 12.9. The van der Waals surface area contributed by atoms with E-state index in [4.69, 9.17) is 4.74 Å². The Morgan fingerprint density at radius 3 is 2.41 bits per heavy atom. The van der Waals surface area contributed by atoms with Gasteiger partial charge in [0.1, 0.15) is 12.4 Å². The molecule has 6 nitrogen and oxygen atoms in total. The number of nitrogens with zero attached hydrogens (tertiary/aromatic N) is 1. The number of nitro benzene ring substituents is 1. The Balaban J connectivity index is 0.000000293. The zero-order valence-electron chi connectivity index (χ0n) is 15.5. The lowest BCUT2D eigenvalue weighted by atomic mass is 10.0. The predicted octanol–water partition coefficient (Wildman–Crippen LogP) is 5.26. The molecule has 0 saturated heterocycles. The van der Waals surface area contributed by atoms with Crippen LogP contribution in [0.4, 0.5) is 5.69 Å². The Bertz CT molecular complexity index is 740. The van der Waals surface area contributed by atoms with Crippen LogP contribution in [0.25, 0.3) is 11.1 Å². The summed E-state index contributed by atoms with van der Waals surface area (Å²) in [6.45, 7) is 5.90. The third-order valence-electron chi connectivity index (χ3n) is 3.64. The Morgan fingerprint density at radius 1 is 1.19 bits per heavy atom. The van der Waals surface area contributed by atoms with Crippen molar-refractivity contribution in [2.24, 2.45) is 0 Å². The third kappa shape index (κ3) is 8.18. The number of ether oxygens (including phenoxy) is 1. The lowest BCUT2D eigenvalue weighted by Gasteiger charge is -2.03. The summed E-state index contributed by atoms with van der Waals surface area (Å²) in [5.74, 6) is 0.0507. The van der Waals surface area contributed by atoms with Crippen molar-refractivity contribution < 1.29 is 19.6 Å². The van der Waals surface area contributed by atoms with Crippen LogP contribution < -0.4 is 0 Å². The van der Waals surface area contributed by atoms with Crippen LogP contribution in [0.1, 0.15) is 32.6 Å². The van der Waals surface area contributed by atoms with Gasteiger partial charge in [-0.25, -0.2) is 0 Å². The molecule has 2 rings (SSSR count). The number of rotatable bonds is 8. The van der Waals surface area contributed by atoms with Crippen LogP contribution in [0.15, 0.2) is 61.2 Å². The lowest BCUT2D eigenvalue weighted by Crippen LogP contribution is -2.03. The van der Waals surface area contributed by atoms with E-state index in [-0.39, 0.29) is 17.4 Å². The van der Waals surface area contributed by atoms with Gasteiger partial charge in [-0.15, -0.1) is 0 Å². The summed E-state index contributed by atoms with van der Waals surface area (Å²) >= 11 is 0. The van der Waals surface area contributed by atoms with E-state index in [1.165, 1.54) is 12.1 Å². The molecule has 0 heterocycles. The van der Waals surface area contributed by atoms with Gasteiger partial charge in [-0.3, -0.25) is 14.9 Å². The highest BCUT2D eigenvalue weighted by atomic mass is 16.6. The average Bonchev–Trinajstić information content (AvgIpc) is 2.67. The molecule has 0 fully saturated rings. The fourth-order valence-corrected chi connectivity index (χ4v) is 2.22. The second kappa shape index (κ2) is 12.2. The number of para-hydroxylation sites is 1. The molecule has 27 heavy (non-hydrogen) atoms. The van der Waals surface area contributed by atoms with Gasteiger partial charge in [-0.05, 0) is 30.2 Å². The van der Waals surface area contributed by atoms with E-state index in [0.717, 1.165) is 24.8 Å². The summed E-state index contributed by atoms with van der Waals surface area (Å²) in [4.78, 5) is 20.8. The second-order valence-corrected chi connectivity index (χ2v) is 5.75. The first-order valence-electron chi connectivity index (χ1n) is 8.79. The van der Waals surface area contributed by atoms with Gasteiger partial charge in [0.25, 0.3) is 5.69 Å². The topological polar surface area (TPSA) is 89.7 Å². The molecule has 0 unspecified atom stereocenters. The molecule has 0 spiro atoms. The van der Waals surface area contributed by atoms with Crippen molar-refractivity contribution >= 4 is 11.7 Å². The maximum absolute atomic E-state index is 10.8. The number of benzene rings is 2. The van der Waals surface area contributed by atoms with E-state index < -0.39 is 4.92 Å². The van der Waals surface area contributed by atoms with Crippen molar-refractivity contribution in [3.05, 3.63) is 71.3 Å². The molecule has 2 aromatic rings. The van der Waals surface area contributed by atoms with E-state index in [1.54, 1.807) is 42.5 Å². The molecule has 0 aliphatic carbocycles. The molecular weight excluding hydrogens is 346 g/mol. The van der Waals surface area contributed by atoms with Gasteiger partial charge in [0, 0.05) is 24.1 Å². The first kappa shape index (κ1) is 21.9. The van der Waals surface area contributed by atoms with Crippen LogP contribution in [-0.2, 0) is 9.53 Å². The van der Waals surface area contributed by atoms with Crippen LogP contribution in [0, 0.1) is 10.1 Å². The molecule has 0 amide bonds. The Morgan fingerprint density at radius 2 is 1.85 bits per heavy atom. The summed E-state index contributed by atoms with van der Waals surface area (Å²) < 4.78 is 4.78. The molecule has 0 radical (unpaired) electrons. The lowest BCUT2D eigenvalue weighted by molar-refractivity contribution is -0.384. The smallest absolute Gasteiger partial charge is 0.306 e. The molecule has 0 aliphatic heterocycles. The third-order valence-corrected chi connectivity index (χ3v) is 3.64. The molecule has 0 aromatic heterocycles. The van der Waals surface area contributed by atoms with Crippen molar-refractivity contribution in [1.29, 1.82) is 0 Å². The van der Waals surface area contributed by atoms with Gasteiger partial charge in [0.05, 0.1) is 4.92 Å². The van der Waals surface area contributed by atoms with Gasteiger partial charge in [-0.1, -0.05) is 50.6 Å². The maximum Gasteiger partial charge on any atom is 0.306 e. The molecule has 2 aromatic carbocycles. The van der Waals surface area contributed by atoms with Crippen LogP contribution in [-0.4, -0.2) is 22.6 Å². The molecule has 0 bridgehead atoms. The van der Waals surface area contributed by atoms with Gasteiger partial charge in [0.2, 0.25) is 0 Å². The first-order chi connectivity index (χ1) is 13.0. The largest absolute Gasteiger partial charge is 0.507 e. The number of carbonyl (C=O) groups is 1. The number of unbranched alkanes of at least 4 members (excludes halogenated alkanes) is 2. The molecule has 6 heteroatoms. The molecule has 1 N–H and O–H groups in total. The SMILES string of the molecule is C=CCOC(=O)CCCCC.O=[N+]([O-])c1ccc(-c2ccccc2O)cc1. The normalized spacial score (nSPS) is 9.67. The minimum atomic E-state index is -0.450. The summed E-state index contributed by atoms with van der Waals surface area (Å²) in [6.07, 6.45) is 5.30. The van der Waals surface area contributed by atoms with E-state index in [1.807, 2.05) is 0 Å². The minimum Gasteiger partial charge on any atom is -0.507 e. The molecule has 144 valence electrons. The average molecular weight is 371 g/mol. The fraction of sp³-hybridized carbons (Fsp3) is 0.286. The number of carbonyl (C=O) groups excluding carboxylic acids is 1. The van der Waals surface area contributed by atoms with E-state index in [2.05, 4.69) is 13.5 Å². The quantitative estimate of drug-likeness (QED) is 0.225. The predicted molar refractivity (Wildman–Crippen MR) is 105 cm³/mol. The standard InChI is InChI=1S/C12H9NO3.C9H16O2/c14-12-4-2-1-3-11(12)9-5-7-10(8-6-9)13(15)16;1-3-5-6-7-9(10)11-8-4-2/h1-8,14H;4H,2-3,5-8H2,1H3. The second-order valence-electron chi connectivity index (χ2n) is 5.75. The van der Waals surface area contributed by atoms with Crippen LogP contribution in [0.5, 0.6) is 5.75 Å². The number of aromatic hydroxyl groups is 1. The van der Waals surface area contributed by atoms with Gasteiger partial charge < -0.3 is 9.84 Å². The van der Waals surface area contributed by atoms with Crippen molar-refractivity contribution in [1.82, 2.24) is 0 Å². The number of hydrogen-bond acceptors (Lipinski definition) is 5. The van der Waals surface area contributed by atoms with E-state index in [0.29, 0.717) is 18.6 Å². The van der Waals surface area contributed by atoms with Crippen LogP contribution in [0.3, 0.4) is 0 Å². The van der Waals surface area contributed by atoms with Gasteiger partial charge in [0.15, 0.2) is 0 Å². The Kier molecular flexibility index (Phi) is 9.93. The number of hydrogen-bond donors (Lipinski definition) is 1. The summed E-state index contributed by atoms with van der Waals surface area (Å²) in [5.41, 5.74) is 1.46. The van der Waals surface area contributed by atoms with Crippen molar-refractivity contribution in [3.8, 4) is 16.9 Å². The highest BCUT2D eigenvalue weighted by molar-refractivity contribution is 5.70. The van der Waals surface area contributed by atoms with Crippen LogP contribution in [0.2, 0.25) is 0 Å². The maximum atomic E-state index is 10.8. The van der Waals surface area contributed by atoms with Gasteiger partial charge >= 0.3 is 5.97 Å². The number of non-ortho nitro benzene ring substituents is 1. The number of phenols is 1. The van der Waals surface area contributed by atoms with E-state index >= 15 is 0 Å². The highest BCUT2D eigenvalue weighted by Gasteiger charge is 2.07. The van der Waals surface area contributed by atoms with E-state index in [9.17, 15) is 20.0 Å². The highest BCUT2D eigenvalue weighted by Crippen LogP contribution is 2.29. The summed E-state index contributed by atoms with van der Waals surface area (Å²) in [7, 11) is 0. The number of esters is 1. The van der Waals surface area contributed by atoms with Gasteiger partial charge in [-0.2, -0.15) is 0 Å². The molecule has 0 saturated carbocycles. The zero-order valence-corrected chi connectivity index (χ0v) is 15.5. The number of nitro groups is 1. The minimum absolute atomic E-state index is 0.0409. The molecular formula is C21H25NO5. The van der Waals surface area contributed by atoms with Crippen molar-refractivity contribution in [3.63, 3.8) is 0 Å². The summed E-state index contributed by atoms with van der Waals surface area (Å²) in [5, 5.41) is 20.1. The molecule has 0 aliphatic rings. The molecule has 0 atom stereocenters. The monoisotopic (exact) mass is 371 g/mol.